The zero-order valence-corrected chi connectivity index (χ0v) is 19.8. The number of carbonyl (C=O) groups is 5. The van der Waals surface area contributed by atoms with E-state index in [-0.39, 0.29) is 54.4 Å². The number of phenolic OH excluding ortho intramolecular Hbond substituents is 1. The van der Waals surface area contributed by atoms with Gasteiger partial charge >= 0.3 is 5.97 Å². The van der Waals surface area contributed by atoms with Crippen LogP contribution in [0.4, 0.5) is 0 Å². The quantitative estimate of drug-likeness (QED) is 0.364. The molecule has 36 heavy (non-hydrogen) atoms. The molecule has 2 amide bonds. The summed E-state index contributed by atoms with van der Waals surface area (Å²) >= 11 is 0. The second-order valence-corrected chi connectivity index (χ2v) is 9.60. The van der Waals surface area contributed by atoms with E-state index in [1.807, 2.05) is 6.08 Å². The number of rotatable bonds is 5. The van der Waals surface area contributed by atoms with Crippen LogP contribution >= 0.6 is 0 Å². The summed E-state index contributed by atoms with van der Waals surface area (Å²) in [6.07, 6.45) is 3.15. The minimum Gasteiger partial charge on any atom is -0.504 e. The second kappa shape index (κ2) is 8.58. The number of carboxylic acid groups (broad SMARTS) is 1. The maximum atomic E-state index is 13.4. The van der Waals surface area contributed by atoms with Crippen molar-refractivity contribution in [1.82, 2.24) is 4.90 Å². The van der Waals surface area contributed by atoms with Gasteiger partial charge in [-0.1, -0.05) is 23.8 Å². The van der Waals surface area contributed by atoms with Crippen molar-refractivity contribution in [3.05, 3.63) is 58.2 Å². The van der Waals surface area contributed by atoms with E-state index in [9.17, 15) is 29.1 Å². The average Bonchev–Trinajstić information content (AvgIpc) is 3.09. The SMILES string of the molecule is COc1cccc([C@H]2C3=CC[C@@H]4C(=O)N(CCC(=O)O)C(=O)[C@@H]4[C@@H]3CC3=C2C(=O)C=C(C)C3=O)c1O. The molecule has 1 aromatic rings. The number of allylic oxidation sites excluding steroid dienone is 6. The molecule has 9 heteroatoms. The number of hydrogen-bond donors (Lipinski definition) is 2. The number of methoxy groups -OCH3 is 1. The van der Waals surface area contributed by atoms with Gasteiger partial charge in [0.05, 0.1) is 25.4 Å². The molecule has 3 aliphatic carbocycles. The van der Waals surface area contributed by atoms with Crippen LogP contribution in [0.25, 0.3) is 0 Å². The van der Waals surface area contributed by atoms with Crippen molar-refractivity contribution in [2.45, 2.75) is 32.1 Å². The normalized spacial score (nSPS) is 27.3. The molecule has 4 aliphatic rings. The fourth-order valence-electron chi connectivity index (χ4n) is 6.17. The Morgan fingerprint density at radius 3 is 2.58 bits per heavy atom. The minimum atomic E-state index is -1.11. The van der Waals surface area contributed by atoms with Gasteiger partial charge in [-0.25, -0.2) is 0 Å². The van der Waals surface area contributed by atoms with E-state index in [2.05, 4.69) is 0 Å². The lowest BCUT2D eigenvalue weighted by molar-refractivity contribution is -0.142. The fraction of sp³-hybridized carbons (Fsp3) is 0.370. The lowest BCUT2D eigenvalue weighted by atomic mass is 9.59. The van der Waals surface area contributed by atoms with Crippen LogP contribution in [0.2, 0.25) is 0 Å². The molecule has 0 saturated carbocycles. The van der Waals surface area contributed by atoms with Gasteiger partial charge in [0.15, 0.2) is 23.1 Å². The largest absolute Gasteiger partial charge is 0.504 e. The Balaban J connectivity index is 1.65. The van der Waals surface area contributed by atoms with E-state index in [4.69, 9.17) is 9.84 Å². The summed E-state index contributed by atoms with van der Waals surface area (Å²) in [4.78, 5) is 65.1. The number of hydrogen-bond acceptors (Lipinski definition) is 7. The molecule has 9 nitrogen and oxygen atoms in total. The van der Waals surface area contributed by atoms with Gasteiger partial charge in [-0.15, -0.1) is 0 Å². The van der Waals surface area contributed by atoms with Crippen LogP contribution in [0.5, 0.6) is 11.5 Å². The van der Waals surface area contributed by atoms with Gasteiger partial charge in [0, 0.05) is 34.7 Å². The first-order valence-electron chi connectivity index (χ1n) is 11.8. The number of ether oxygens (including phenoxy) is 1. The lowest BCUT2D eigenvalue weighted by Gasteiger charge is -2.42. The van der Waals surface area contributed by atoms with Gasteiger partial charge in [-0.05, 0) is 37.8 Å². The molecule has 0 spiro atoms. The van der Waals surface area contributed by atoms with E-state index in [0.717, 1.165) is 4.90 Å². The number of nitrogens with zero attached hydrogens (tertiary/aromatic N) is 1. The Morgan fingerprint density at radius 1 is 1.14 bits per heavy atom. The Morgan fingerprint density at radius 2 is 1.89 bits per heavy atom. The summed E-state index contributed by atoms with van der Waals surface area (Å²) in [6, 6.07) is 4.92. The number of amides is 2. The molecule has 1 fully saturated rings. The van der Waals surface area contributed by atoms with Crippen LogP contribution in [-0.4, -0.2) is 58.1 Å². The highest BCUT2D eigenvalue weighted by Gasteiger charge is 2.56. The highest BCUT2D eigenvalue weighted by atomic mass is 16.5. The topological polar surface area (TPSA) is 138 Å². The van der Waals surface area contributed by atoms with Gasteiger partial charge in [-0.2, -0.15) is 0 Å². The standard InChI is InChI=1S/C27H25NO8/c1-12-10-18(29)23-17(24(12)32)11-16-13(21(23)14-4-3-5-19(36-2)25(14)33)6-7-15-22(16)27(35)28(26(15)34)9-8-20(30)31/h3-6,10,15-16,21-22,33H,7-9,11H2,1-2H3,(H,30,31)/t15-,16+,21+,22-/m0/s1. The summed E-state index contributed by atoms with van der Waals surface area (Å²) in [5, 5.41) is 20.1. The molecule has 186 valence electrons. The number of para-hydroxylation sites is 1. The summed E-state index contributed by atoms with van der Waals surface area (Å²) in [5.74, 6) is -5.32. The Hall–Kier alpha value is -4.01. The van der Waals surface area contributed by atoms with Crippen molar-refractivity contribution in [3.63, 3.8) is 0 Å². The average molecular weight is 491 g/mol. The van der Waals surface area contributed by atoms with Crippen molar-refractivity contribution < 1.29 is 38.9 Å². The van der Waals surface area contributed by atoms with Crippen LogP contribution < -0.4 is 4.74 Å². The minimum absolute atomic E-state index is 0.116. The van der Waals surface area contributed by atoms with Crippen molar-refractivity contribution in [3.8, 4) is 11.5 Å². The first kappa shape index (κ1) is 23.7. The third kappa shape index (κ3) is 3.41. The predicted octanol–water partition coefficient (Wildman–Crippen LogP) is 2.31. The molecule has 0 unspecified atom stereocenters. The van der Waals surface area contributed by atoms with Crippen molar-refractivity contribution >= 4 is 29.4 Å². The number of Topliss-reactive ketones (excluding diaryl/α,β-unsaturated/α-hetero) is 1. The van der Waals surface area contributed by atoms with Gasteiger partial charge in [0.1, 0.15) is 0 Å². The molecular weight excluding hydrogens is 466 g/mol. The smallest absolute Gasteiger partial charge is 0.305 e. The summed E-state index contributed by atoms with van der Waals surface area (Å²) in [5.41, 5.74) is 1.94. The molecule has 2 N–H and O–H groups in total. The fourth-order valence-corrected chi connectivity index (χ4v) is 6.17. The van der Waals surface area contributed by atoms with Gasteiger partial charge in [0.25, 0.3) is 0 Å². The number of ketones is 2. The molecule has 1 aromatic carbocycles. The molecule has 4 atom stereocenters. The molecule has 0 radical (unpaired) electrons. The number of aliphatic carboxylic acids is 1. The lowest BCUT2D eigenvalue weighted by Crippen LogP contribution is -2.40. The highest BCUT2D eigenvalue weighted by Crippen LogP contribution is 2.56. The molecule has 0 bridgehead atoms. The van der Waals surface area contributed by atoms with Crippen molar-refractivity contribution in [2.24, 2.45) is 17.8 Å². The van der Waals surface area contributed by atoms with Gasteiger partial charge in [-0.3, -0.25) is 28.9 Å². The number of phenols is 1. The van der Waals surface area contributed by atoms with Gasteiger partial charge < -0.3 is 14.9 Å². The molecule has 1 aliphatic heterocycles. The molecule has 0 aromatic heterocycles. The zero-order valence-electron chi connectivity index (χ0n) is 19.8. The van der Waals surface area contributed by atoms with E-state index >= 15 is 0 Å². The van der Waals surface area contributed by atoms with Crippen LogP contribution in [0, 0.1) is 17.8 Å². The third-order valence-electron chi connectivity index (χ3n) is 7.76. The zero-order chi connectivity index (χ0) is 25.9. The number of imide groups is 1. The first-order chi connectivity index (χ1) is 17.1. The Kier molecular flexibility index (Phi) is 5.65. The number of aromatic hydroxyl groups is 1. The second-order valence-electron chi connectivity index (χ2n) is 9.60. The summed E-state index contributed by atoms with van der Waals surface area (Å²) in [7, 11) is 1.41. The first-order valence-corrected chi connectivity index (χ1v) is 11.8. The van der Waals surface area contributed by atoms with Crippen molar-refractivity contribution in [2.75, 3.05) is 13.7 Å². The predicted molar refractivity (Wildman–Crippen MR) is 125 cm³/mol. The number of likely N-dealkylation sites (tertiary alicyclic amines) is 1. The highest BCUT2D eigenvalue weighted by molar-refractivity contribution is 6.23. The number of fused-ring (bicyclic) bond motifs is 3. The molecule has 1 saturated heterocycles. The maximum absolute atomic E-state index is 13.4. The Labute approximate surface area is 206 Å². The van der Waals surface area contributed by atoms with Crippen LogP contribution in [0.3, 0.4) is 0 Å². The Bertz CT molecular complexity index is 1330. The molecule has 1 heterocycles. The van der Waals surface area contributed by atoms with E-state index in [1.165, 1.54) is 13.2 Å². The molecule has 5 rings (SSSR count). The van der Waals surface area contributed by atoms with Crippen LogP contribution in [0.15, 0.2) is 52.6 Å². The van der Waals surface area contributed by atoms with Crippen molar-refractivity contribution in [1.29, 1.82) is 0 Å². The van der Waals surface area contributed by atoms with E-state index in [0.29, 0.717) is 22.3 Å². The van der Waals surface area contributed by atoms with E-state index < -0.39 is 41.5 Å². The number of carboxylic acids is 1. The van der Waals surface area contributed by atoms with E-state index in [1.54, 1.807) is 25.1 Å². The third-order valence-corrected chi connectivity index (χ3v) is 7.76. The molecular formula is C27H25NO8. The van der Waals surface area contributed by atoms with Gasteiger partial charge in [0.2, 0.25) is 11.8 Å². The maximum Gasteiger partial charge on any atom is 0.305 e. The summed E-state index contributed by atoms with van der Waals surface area (Å²) in [6.45, 7) is 1.35. The van der Waals surface area contributed by atoms with Crippen LogP contribution in [-0.2, 0) is 24.0 Å². The van der Waals surface area contributed by atoms with Crippen LogP contribution in [0.1, 0.15) is 37.7 Å². The summed E-state index contributed by atoms with van der Waals surface area (Å²) < 4.78 is 5.27. The number of benzene rings is 1. The monoisotopic (exact) mass is 491 g/mol. The number of carbonyl (C=O) groups excluding carboxylic acids is 4.